The van der Waals surface area contributed by atoms with Crippen molar-refractivity contribution in [3.63, 3.8) is 0 Å². The van der Waals surface area contributed by atoms with Crippen LogP contribution in [0.2, 0.25) is 10.0 Å². The maximum absolute atomic E-state index is 12.3. The molecule has 138 valence electrons. The van der Waals surface area contributed by atoms with E-state index in [1.807, 2.05) is 0 Å². The van der Waals surface area contributed by atoms with E-state index in [0.717, 1.165) is 5.56 Å². The summed E-state index contributed by atoms with van der Waals surface area (Å²) in [7, 11) is 0. The number of ether oxygens (including phenoxy) is 1. The van der Waals surface area contributed by atoms with E-state index in [0.29, 0.717) is 26.5 Å². The molecule has 0 aliphatic carbocycles. The number of rotatable bonds is 5. The quantitative estimate of drug-likeness (QED) is 0.634. The molecule has 1 amide bonds. The average molecular weight is 403 g/mol. The Balaban J connectivity index is 1.62. The Morgan fingerprint density at radius 1 is 1.15 bits per heavy atom. The van der Waals surface area contributed by atoms with Gasteiger partial charge in [-0.2, -0.15) is 0 Å². The highest BCUT2D eigenvalue weighted by atomic mass is 35.5. The van der Waals surface area contributed by atoms with Crippen molar-refractivity contribution < 1.29 is 14.3 Å². The van der Waals surface area contributed by atoms with Crippen molar-refractivity contribution in [1.82, 2.24) is 10.3 Å². The highest BCUT2D eigenvalue weighted by Gasteiger charge is 2.16. The summed E-state index contributed by atoms with van der Waals surface area (Å²) in [5.74, 6) is -1.01. The second-order valence-corrected chi connectivity index (χ2v) is 6.75. The molecular weight excluding hydrogens is 387 g/mol. The van der Waals surface area contributed by atoms with E-state index < -0.39 is 18.5 Å². The van der Waals surface area contributed by atoms with Gasteiger partial charge in [0.2, 0.25) is 0 Å². The number of hydrogen-bond donors (Lipinski definition) is 1. The molecule has 3 aromatic rings. The molecule has 5 nitrogen and oxygen atoms in total. The normalized spacial score (nSPS) is 11.8. The Morgan fingerprint density at radius 3 is 2.74 bits per heavy atom. The Morgan fingerprint density at radius 2 is 1.96 bits per heavy atom. The lowest BCUT2D eigenvalue weighted by Gasteiger charge is -2.16. The second kappa shape index (κ2) is 8.37. The molecule has 1 atom stereocenters. The maximum atomic E-state index is 12.3. The van der Waals surface area contributed by atoms with Crippen LogP contribution < -0.4 is 5.32 Å². The number of fused-ring (bicyclic) bond motifs is 1. The Hall–Kier alpha value is -2.63. The predicted octanol–water partition coefficient (Wildman–Crippen LogP) is 4.58. The van der Waals surface area contributed by atoms with Gasteiger partial charge in [-0.25, -0.2) is 4.79 Å². The Labute approximate surface area is 166 Å². The van der Waals surface area contributed by atoms with Crippen LogP contribution in [-0.2, 0) is 9.53 Å². The number of amides is 1. The number of carbonyl (C=O) groups is 2. The zero-order valence-corrected chi connectivity index (χ0v) is 15.9. The Kier molecular flexibility index (Phi) is 5.94. The third kappa shape index (κ3) is 4.56. The van der Waals surface area contributed by atoms with Crippen molar-refractivity contribution >= 4 is 46.0 Å². The van der Waals surface area contributed by atoms with Crippen LogP contribution in [0.1, 0.15) is 28.9 Å². The Bertz CT molecular complexity index is 1000. The van der Waals surface area contributed by atoms with E-state index in [-0.39, 0.29) is 6.04 Å². The molecule has 1 unspecified atom stereocenters. The summed E-state index contributed by atoms with van der Waals surface area (Å²) in [5.41, 5.74) is 1.77. The van der Waals surface area contributed by atoms with E-state index >= 15 is 0 Å². The molecule has 1 N–H and O–H groups in total. The zero-order valence-electron chi connectivity index (χ0n) is 14.4. The number of nitrogens with zero attached hydrogens (tertiary/aromatic N) is 1. The lowest BCUT2D eigenvalue weighted by atomic mass is 10.1. The highest BCUT2D eigenvalue weighted by molar-refractivity contribution is 6.35. The van der Waals surface area contributed by atoms with Gasteiger partial charge in [-0.05, 0) is 42.8 Å². The monoisotopic (exact) mass is 402 g/mol. The van der Waals surface area contributed by atoms with Gasteiger partial charge in [0, 0.05) is 21.6 Å². The van der Waals surface area contributed by atoms with E-state index in [2.05, 4.69) is 10.3 Å². The van der Waals surface area contributed by atoms with Gasteiger partial charge in [0.1, 0.15) is 0 Å². The molecule has 0 saturated heterocycles. The van der Waals surface area contributed by atoms with Gasteiger partial charge in [-0.3, -0.25) is 9.78 Å². The fraction of sp³-hybridized carbons (Fsp3) is 0.150. The molecule has 2 aromatic carbocycles. The van der Waals surface area contributed by atoms with E-state index in [1.54, 1.807) is 61.7 Å². The van der Waals surface area contributed by atoms with Crippen LogP contribution in [0, 0.1) is 0 Å². The molecule has 0 bridgehead atoms. The molecule has 0 fully saturated rings. The molecule has 0 aliphatic heterocycles. The topological polar surface area (TPSA) is 68.3 Å². The standard InChI is InChI=1S/C20H16Cl2N2O3/c1-12(14-8-7-13(21)10-17(14)22)24-19(25)11-27-20(26)16-4-2-6-18-15(16)5-3-9-23-18/h2-10,12H,11H2,1H3,(H,24,25). The number of nitrogens with one attached hydrogen (secondary N) is 1. The van der Waals surface area contributed by atoms with Gasteiger partial charge >= 0.3 is 5.97 Å². The second-order valence-electron chi connectivity index (χ2n) is 5.91. The largest absolute Gasteiger partial charge is 0.452 e. The smallest absolute Gasteiger partial charge is 0.339 e. The molecule has 27 heavy (non-hydrogen) atoms. The molecule has 0 aliphatic rings. The van der Waals surface area contributed by atoms with Crippen molar-refractivity contribution in [2.45, 2.75) is 13.0 Å². The molecule has 3 rings (SSSR count). The number of benzene rings is 2. The summed E-state index contributed by atoms with van der Waals surface area (Å²) in [6, 6.07) is 13.4. The molecular formula is C20H16Cl2N2O3. The summed E-state index contributed by atoms with van der Waals surface area (Å²) in [5, 5.41) is 4.39. The maximum Gasteiger partial charge on any atom is 0.339 e. The first-order valence-electron chi connectivity index (χ1n) is 8.21. The minimum absolute atomic E-state index is 0.359. The number of carbonyl (C=O) groups excluding carboxylic acids is 2. The van der Waals surface area contributed by atoms with Crippen molar-refractivity contribution in [2.75, 3.05) is 6.61 Å². The first-order chi connectivity index (χ1) is 13.0. The lowest BCUT2D eigenvalue weighted by molar-refractivity contribution is -0.124. The van der Waals surface area contributed by atoms with Gasteiger partial charge in [0.15, 0.2) is 6.61 Å². The van der Waals surface area contributed by atoms with Crippen LogP contribution in [0.15, 0.2) is 54.7 Å². The van der Waals surface area contributed by atoms with Gasteiger partial charge < -0.3 is 10.1 Å². The van der Waals surface area contributed by atoms with Crippen molar-refractivity contribution in [1.29, 1.82) is 0 Å². The predicted molar refractivity (Wildman–Crippen MR) is 105 cm³/mol. The minimum Gasteiger partial charge on any atom is -0.452 e. The molecule has 7 heteroatoms. The fourth-order valence-electron chi connectivity index (χ4n) is 2.70. The number of esters is 1. The molecule has 0 saturated carbocycles. The molecule has 0 spiro atoms. The third-order valence-corrected chi connectivity index (χ3v) is 4.57. The van der Waals surface area contributed by atoms with Gasteiger partial charge in [0.05, 0.1) is 17.1 Å². The molecule has 1 aromatic heterocycles. The van der Waals surface area contributed by atoms with Crippen molar-refractivity contribution in [3.8, 4) is 0 Å². The summed E-state index contributed by atoms with van der Waals surface area (Å²) in [6.07, 6.45) is 1.65. The van der Waals surface area contributed by atoms with Crippen molar-refractivity contribution in [2.24, 2.45) is 0 Å². The van der Waals surface area contributed by atoms with Crippen LogP contribution >= 0.6 is 23.2 Å². The SMILES string of the molecule is CC(NC(=O)COC(=O)c1cccc2ncccc12)c1ccc(Cl)cc1Cl. The van der Waals surface area contributed by atoms with E-state index in [9.17, 15) is 9.59 Å². The number of pyridine rings is 1. The lowest BCUT2D eigenvalue weighted by Crippen LogP contribution is -2.31. The fourth-order valence-corrected chi connectivity index (χ4v) is 3.28. The number of hydrogen-bond acceptors (Lipinski definition) is 4. The summed E-state index contributed by atoms with van der Waals surface area (Å²) in [4.78, 5) is 28.7. The number of aromatic nitrogens is 1. The first-order valence-corrected chi connectivity index (χ1v) is 8.96. The van der Waals surface area contributed by atoms with Crippen LogP contribution in [0.25, 0.3) is 10.9 Å². The van der Waals surface area contributed by atoms with Gasteiger partial charge in [0.25, 0.3) is 5.91 Å². The van der Waals surface area contributed by atoms with Crippen LogP contribution in [-0.4, -0.2) is 23.5 Å². The summed E-state index contributed by atoms with van der Waals surface area (Å²) < 4.78 is 5.15. The van der Waals surface area contributed by atoms with E-state index in [1.165, 1.54) is 0 Å². The van der Waals surface area contributed by atoms with Crippen LogP contribution in [0.3, 0.4) is 0 Å². The summed E-state index contributed by atoms with van der Waals surface area (Å²) in [6.45, 7) is 1.39. The van der Waals surface area contributed by atoms with Gasteiger partial charge in [-0.15, -0.1) is 0 Å². The number of halogens is 2. The first kappa shape index (κ1) is 19.1. The van der Waals surface area contributed by atoms with Crippen LogP contribution in [0.5, 0.6) is 0 Å². The third-order valence-electron chi connectivity index (χ3n) is 4.01. The average Bonchev–Trinajstić information content (AvgIpc) is 2.65. The van der Waals surface area contributed by atoms with E-state index in [4.69, 9.17) is 27.9 Å². The van der Waals surface area contributed by atoms with Crippen LogP contribution in [0.4, 0.5) is 0 Å². The molecule has 0 radical (unpaired) electrons. The minimum atomic E-state index is -0.582. The summed E-state index contributed by atoms with van der Waals surface area (Å²) >= 11 is 12.0. The van der Waals surface area contributed by atoms with Gasteiger partial charge in [-0.1, -0.05) is 41.4 Å². The highest BCUT2D eigenvalue weighted by Crippen LogP contribution is 2.26. The van der Waals surface area contributed by atoms with Crippen molar-refractivity contribution in [3.05, 3.63) is 75.9 Å². The molecule has 1 heterocycles. The zero-order chi connectivity index (χ0) is 19.4.